The second-order valence-corrected chi connectivity index (χ2v) is 11.5. The van der Waals surface area contributed by atoms with E-state index in [1.807, 2.05) is 23.5 Å². The number of aromatic amines is 2. The molecular weight excluding hydrogens is 472 g/mol. The minimum absolute atomic E-state index is 0.467. The van der Waals surface area contributed by atoms with Crippen LogP contribution in [0.2, 0.25) is 0 Å². The molecule has 2 aromatic carbocycles. The SMILES string of the molecule is c1cc(N(NC2CCCC2)c2cccc3cc(C4=NCCS4)[nH]c23)c2[nH]c(C3=NCCS3)cc2c1. The number of anilines is 2. The molecule has 1 aliphatic carbocycles. The Kier molecular flexibility index (Phi) is 5.60. The molecule has 4 heterocycles. The maximum Gasteiger partial charge on any atom is 0.114 e. The lowest BCUT2D eigenvalue weighted by Gasteiger charge is -2.30. The summed E-state index contributed by atoms with van der Waals surface area (Å²) >= 11 is 3.67. The number of H-pyrrole nitrogens is 2. The molecule has 0 radical (unpaired) electrons. The second kappa shape index (κ2) is 9.08. The van der Waals surface area contributed by atoms with Gasteiger partial charge in [-0.15, -0.1) is 23.5 Å². The van der Waals surface area contributed by atoms with Crippen molar-refractivity contribution in [2.24, 2.45) is 9.98 Å². The highest BCUT2D eigenvalue weighted by atomic mass is 32.2. The number of nitrogens with zero attached hydrogens (tertiary/aromatic N) is 3. The summed E-state index contributed by atoms with van der Waals surface area (Å²) in [6.45, 7) is 1.80. The van der Waals surface area contributed by atoms with Gasteiger partial charge >= 0.3 is 0 Å². The molecule has 1 fully saturated rings. The van der Waals surface area contributed by atoms with Gasteiger partial charge in [0.1, 0.15) is 10.1 Å². The monoisotopic (exact) mass is 500 g/mol. The number of hydrogen-bond acceptors (Lipinski definition) is 6. The van der Waals surface area contributed by atoms with Crippen molar-refractivity contribution in [1.82, 2.24) is 15.4 Å². The molecule has 2 aromatic heterocycles. The number of para-hydroxylation sites is 2. The summed E-state index contributed by atoms with van der Waals surface area (Å²) < 4.78 is 0. The van der Waals surface area contributed by atoms with E-state index in [0.29, 0.717) is 6.04 Å². The molecule has 2 aliphatic heterocycles. The van der Waals surface area contributed by atoms with Gasteiger partial charge in [0.15, 0.2) is 0 Å². The fourth-order valence-electron chi connectivity index (χ4n) is 5.39. The second-order valence-electron chi connectivity index (χ2n) is 9.37. The fourth-order valence-corrected chi connectivity index (χ4v) is 7.03. The molecule has 4 aromatic rings. The number of thioether (sulfide) groups is 2. The van der Waals surface area contributed by atoms with Gasteiger partial charge in [-0.1, -0.05) is 37.1 Å². The summed E-state index contributed by atoms with van der Waals surface area (Å²) in [5, 5.41) is 6.97. The van der Waals surface area contributed by atoms with Crippen molar-refractivity contribution in [2.75, 3.05) is 29.6 Å². The lowest BCUT2D eigenvalue weighted by Crippen LogP contribution is -2.40. The molecule has 178 valence electrons. The van der Waals surface area contributed by atoms with Gasteiger partial charge in [-0.2, -0.15) is 0 Å². The number of fused-ring (bicyclic) bond motifs is 2. The zero-order valence-corrected chi connectivity index (χ0v) is 21.1. The average molecular weight is 501 g/mol. The van der Waals surface area contributed by atoms with Crippen LogP contribution >= 0.6 is 23.5 Å². The molecule has 0 atom stereocenters. The number of hydrazine groups is 1. The third-order valence-electron chi connectivity index (χ3n) is 7.05. The number of nitrogens with one attached hydrogen (secondary N) is 3. The Hall–Kier alpha value is -2.68. The van der Waals surface area contributed by atoms with Crippen LogP contribution < -0.4 is 10.4 Å². The predicted octanol–water partition coefficient (Wildman–Crippen LogP) is 6.22. The first kappa shape index (κ1) is 21.6. The van der Waals surface area contributed by atoms with E-state index in [-0.39, 0.29) is 0 Å². The van der Waals surface area contributed by atoms with E-state index in [0.717, 1.165) is 68.5 Å². The van der Waals surface area contributed by atoms with E-state index in [1.165, 1.54) is 36.5 Å². The normalized spacial score (nSPS) is 18.6. The molecule has 0 saturated heterocycles. The van der Waals surface area contributed by atoms with Gasteiger partial charge in [0.25, 0.3) is 0 Å². The molecule has 0 bridgehead atoms. The van der Waals surface area contributed by atoms with Crippen LogP contribution in [-0.4, -0.2) is 50.7 Å². The topological polar surface area (TPSA) is 71.6 Å². The van der Waals surface area contributed by atoms with Gasteiger partial charge in [-0.05, 0) is 37.1 Å². The van der Waals surface area contributed by atoms with Crippen LogP contribution in [0.15, 0.2) is 58.5 Å². The molecule has 0 spiro atoms. The Labute approximate surface area is 213 Å². The summed E-state index contributed by atoms with van der Waals surface area (Å²) in [7, 11) is 0. The molecule has 8 heteroatoms. The van der Waals surface area contributed by atoms with Gasteiger partial charge in [0.05, 0.1) is 33.8 Å². The first-order chi connectivity index (χ1) is 17.3. The number of aromatic nitrogens is 2. The van der Waals surface area contributed by atoms with Crippen molar-refractivity contribution < 1.29 is 0 Å². The predicted molar refractivity (Wildman–Crippen MR) is 152 cm³/mol. The largest absolute Gasteiger partial charge is 0.351 e. The lowest BCUT2D eigenvalue weighted by atomic mass is 10.1. The Balaban J connectivity index is 1.37. The molecule has 6 nitrogen and oxygen atoms in total. The molecule has 35 heavy (non-hydrogen) atoms. The van der Waals surface area contributed by atoms with Gasteiger partial charge < -0.3 is 9.97 Å². The zero-order valence-electron chi connectivity index (χ0n) is 19.5. The van der Waals surface area contributed by atoms with Crippen LogP contribution in [0, 0.1) is 0 Å². The lowest BCUT2D eigenvalue weighted by molar-refractivity contribution is 0.534. The number of rotatable bonds is 6. The van der Waals surface area contributed by atoms with Crippen molar-refractivity contribution >= 4 is 66.8 Å². The van der Waals surface area contributed by atoms with Crippen molar-refractivity contribution in [3.8, 4) is 0 Å². The van der Waals surface area contributed by atoms with Crippen LogP contribution in [0.25, 0.3) is 21.8 Å². The number of benzene rings is 2. The Morgan fingerprint density at radius 2 is 1.31 bits per heavy atom. The summed E-state index contributed by atoms with van der Waals surface area (Å²) in [6.07, 6.45) is 4.98. The van der Waals surface area contributed by atoms with Crippen molar-refractivity contribution in [3.05, 3.63) is 59.9 Å². The van der Waals surface area contributed by atoms with Crippen molar-refractivity contribution in [3.63, 3.8) is 0 Å². The minimum atomic E-state index is 0.467. The van der Waals surface area contributed by atoms with Gasteiger partial charge in [-0.3, -0.25) is 15.0 Å². The maximum absolute atomic E-state index is 4.70. The van der Waals surface area contributed by atoms with Crippen LogP contribution in [-0.2, 0) is 0 Å². The standard InChI is InChI=1S/C27H28N6S2/c1-2-8-19(7-1)32-33(22-9-3-5-17-15-20(30-24(17)22)26-28-11-13-34-26)23-10-4-6-18-16-21(31-25(18)23)27-29-12-14-35-27/h3-6,9-10,15-16,19,30-32H,1-2,7-8,11-14H2. The summed E-state index contributed by atoms with van der Waals surface area (Å²) in [6, 6.07) is 18.1. The molecule has 3 aliphatic rings. The quantitative estimate of drug-likeness (QED) is 0.275. The molecule has 3 N–H and O–H groups in total. The highest BCUT2D eigenvalue weighted by molar-refractivity contribution is 8.15. The summed E-state index contributed by atoms with van der Waals surface area (Å²) in [5.41, 5.74) is 10.7. The first-order valence-corrected chi connectivity index (χ1v) is 14.5. The van der Waals surface area contributed by atoms with Crippen LogP contribution in [0.4, 0.5) is 11.4 Å². The van der Waals surface area contributed by atoms with Crippen molar-refractivity contribution in [2.45, 2.75) is 31.7 Å². The van der Waals surface area contributed by atoms with Crippen LogP contribution in [0.3, 0.4) is 0 Å². The molecule has 7 rings (SSSR count). The smallest absolute Gasteiger partial charge is 0.114 e. The Bertz CT molecular complexity index is 1360. The first-order valence-electron chi connectivity index (χ1n) is 12.5. The maximum atomic E-state index is 4.70. The van der Waals surface area contributed by atoms with E-state index >= 15 is 0 Å². The Morgan fingerprint density at radius 1 is 0.771 bits per heavy atom. The molecule has 1 saturated carbocycles. The third-order valence-corrected chi connectivity index (χ3v) is 9.07. The molecule has 0 unspecified atom stereocenters. The van der Waals surface area contributed by atoms with Crippen molar-refractivity contribution in [1.29, 1.82) is 0 Å². The highest BCUT2D eigenvalue weighted by Crippen LogP contribution is 2.37. The average Bonchev–Trinajstić information content (AvgIpc) is 3.71. The van der Waals surface area contributed by atoms with Gasteiger partial charge in [0, 0.05) is 41.4 Å². The van der Waals surface area contributed by atoms with E-state index in [2.05, 4.69) is 68.9 Å². The van der Waals surface area contributed by atoms with Gasteiger partial charge in [-0.25, -0.2) is 5.43 Å². The van der Waals surface area contributed by atoms with E-state index < -0.39 is 0 Å². The Morgan fingerprint density at radius 3 is 1.80 bits per heavy atom. The summed E-state index contributed by atoms with van der Waals surface area (Å²) in [4.78, 5) is 16.8. The zero-order chi connectivity index (χ0) is 23.2. The molecular formula is C27H28N6S2. The minimum Gasteiger partial charge on any atom is -0.351 e. The summed E-state index contributed by atoms with van der Waals surface area (Å²) in [5.74, 6) is 2.13. The fraction of sp³-hybridized carbons (Fsp3) is 0.333. The van der Waals surface area contributed by atoms with Crippen LogP contribution in [0.5, 0.6) is 0 Å². The van der Waals surface area contributed by atoms with Gasteiger partial charge in [0.2, 0.25) is 0 Å². The van der Waals surface area contributed by atoms with E-state index in [1.54, 1.807) is 0 Å². The van der Waals surface area contributed by atoms with E-state index in [9.17, 15) is 0 Å². The molecule has 0 amide bonds. The van der Waals surface area contributed by atoms with E-state index in [4.69, 9.17) is 9.98 Å². The third kappa shape index (κ3) is 3.97. The highest BCUT2D eigenvalue weighted by Gasteiger charge is 2.24. The van der Waals surface area contributed by atoms with Crippen LogP contribution in [0.1, 0.15) is 37.1 Å². The number of hydrogen-bond donors (Lipinski definition) is 3. The number of aliphatic imine (C=N–C) groups is 2.